The van der Waals surface area contributed by atoms with Crippen molar-refractivity contribution in [2.24, 2.45) is 0 Å². The van der Waals surface area contributed by atoms with Gasteiger partial charge in [0.25, 0.3) is 5.91 Å². The van der Waals surface area contributed by atoms with Crippen LogP contribution in [-0.4, -0.2) is 51.1 Å². The van der Waals surface area contributed by atoms with E-state index in [9.17, 15) is 9.59 Å². The summed E-state index contributed by atoms with van der Waals surface area (Å²) < 4.78 is 5.34. The number of carbonyl (C=O) groups is 2. The molecule has 0 aliphatic carbocycles. The number of anilines is 2. The second-order valence-electron chi connectivity index (χ2n) is 7.12. The number of para-hydroxylation sites is 2. The maximum Gasteiger partial charge on any atom is 0.292 e. The fraction of sp³-hybridized carbons (Fsp3) is 0.333. The molecular formula is C21H23ClN3O3+. The van der Waals surface area contributed by atoms with Crippen molar-refractivity contribution in [3.63, 3.8) is 0 Å². The van der Waals surface area contributed by atoms with E-state index >= 15 is 0 Å². The number of carbonyl (C=O) groups excluding carboxylic acids is 2. The lowest BCUT2D eigenvalue weighted by molar-refractivity contribution is -0.915. The summed E-state index contributed by atoms with van der Waals surface area (Å²) in [5.41, 5.74) is 1.66. The topological polar surface area (TPSA) is 54.3 Å². The predicted molar refractivity (Wildman–Crippen MR) is 108 cm³/mol. The number of nitrogens with one attached hydrogen (secondary N) is 1. The number of methoxy groups -OCH3 is 1. The van der Waals surface area contributed by atoms with E-state index in [-0.39, 0.29) is 24.3 Å². The molecule has 1 atom stereocenters. The van der Waals surface area contributed by atoms with Gasteiger partial charge in [0, 0.05) is 10.7 Å². The highest BCUT2D eigenvalue weighted by atomic mass is 35.5. The number of hydrogen-bond acceptors (Lipinski definition) is 4. The smallest absolute Gasteiger partial charge is 0.292 e. The van der Waals surface area contributed by atoms with Crippen LogP contribution in [0.15, 0.2) is 48.5 Å². The molecule has 6 nitrogen and oxygen atoms in total. The van der Waals surface area contributed by atoms with Gasteiger partial charge in [-0.25, -0.2) is 4.90 Å². The molecule has 0 radical (unpaired) electrons. The monoisotopic (exact) mass is 400 g/mol. The summed E-state index contributed by atoms with van der Waals surface area (Å²) in [5, 5.41) is 0.722. The zero-order valence-corrected chi connectivity index (χ0v) is 16.5. The van der Waals surface area contributed by atoms with Crippen molar-refractivity contribution in [2.75, 3.05) is 43.1 Å². The number of benzene rings is 2. The first kappa shape index (κ1) is 18.8. The molecule has 2 aromatic carbocycles. The number of ether oxygens (including phenoxy) is 1. The molecular weight excluding hydrogens is 378 g/mol. The fourth-order valence-corrected chi connectivity index (χ4v) is 4.20. The van der Waals surface area contributed by atoms with Gasteiger partial charge in [-0.1, -0.05) is 23.7 Å². The number of halogens is 1. The van der Waals surface area contributed by atoms with Crippen LogP contribution in [0.2, 0.25) is 5.02 Å². The average molecular weight is 401 g/mol. The van der Waals surface area contributed by atoms with Crippen LogP contribution in [0.3, 0.4) is 0 Å². The van der Waals surface area contributed by atoms with Crippen molar-refractivity contribution < 1.29 is 19.2 Å². The molecule has 0 aromatic heterocycles. The van der Waals surface area contributed by atoms with E-state index in [2.05, 4.69) is 4.90 Å². The lowest BCUT2D eigenvalue weighted by atomic mass is 10.1. The third kappa shape index (κ3) is 3.45. The molecule has 2 amide bonds. The van der Waals surface area contributed by atoms with Gasteiger partial charge >= 0.3 is 0 Å². The van der Waals surface area contributed by atoms with Crippen LogP contribution in [-0.2, 0) is 9.59 Å². The second kappa shape index (κ2) is 7.81. The first-order valence-corrected chi connectivity index (χ1v) is 9.81. The second-order valence-corrected chi connectivity index (χ2v) is 7.55. The minimum absolute atomic E-state index is 0.135. The van der Waals surface area contributed by atoms with E-state index in [1.54, 1.807) is 19.2 Å². The molecule has 2 saturated heterocycles. The minimum Gasteiger partial charge on any atom is -0.495 e. The first-order chi connectivity index (χ1) is 13.6. The van der Waals surface area contributed by atoms with Crippen LogP contribution in [0.4, 0.5) is 11.4 Å². The Labute approximate surface area is 169 Å². The maximum absolute atomic E-state index is 13.1. The highest BCUT2D eigenvalue weighted by Crippen LogP contribution is 2.31. The van der Waals surface area contributed by atoms with Gasteiger partial charge in [-0.05, 0) is 36.4 Å². The Morgan fingerprint density at radius 2 is 1.71 bits per heavy atom. The van der Waals surface area contributed by atoms with E-state index < -0.39 is 0 Å². The number of amides is 2. The molecule has 0 unspecified atom stereocenters. The summed E-state index contributed by atoms with van der Waals surface area (Å²) in [4.78, 5) is 30.5. The number of piperazine rings is 1. The number of imide groups is 1. The maximum atomic E-state index is 13.1. The summed E-state index contributed by atoms with van der Waals surface area (Å²) in [6.07, 6.45) is 0.243. The molecule has 2 aliphatic heterocycles. The van der Waals surface area contributed by atoms with Crippen LogP contribution in [0.1, 0.15) is 6.42 Å². The molecule has 1 N–H and O–H groups in total. The third-order valence-corrected chi connectivity index (χ3v) is 5.81. The van der Waals surface area contributed by atoms with E-state index in [4.69, 9.17) is 16.3 Å². The summed E-state index contributed by atoms with van der Waals surface area (Å²) in [6, 6.07) is 14.6. The van der Waals surface area contributed by atoms with Gasteiger partial charge in [-0.3, -0.25) is 9.59 Å². The van der Waals surface area contributed by atoms with Crippen molar-refractivity contribution in [3.8, 4) is 5.75 Å². The van der Waals surface area contributed by atoms with Crippen molar-refractivity contribution in [3.05, 3.63) is 53.6 Å². The number of rotatable bonds is 4. The molecule has 2 aliphatic rings. The summed E-state index contributed by atoms with van der Waals surface area (Å²) in [5.74, 6) is 0.240. The van der Waals surface area contributed by atoms with Crippen LogP contribution < -0.4 is 19.4 Å². The summed E-state index contributed by atoms with van der Waals surface area (Å²) in [7, 11) is 1.54. The van der Waals surface area contributed by atoms with Gasteiger partial charge in [-0.15, -0.1) is 0 Å². The van der Waals surface area contributed by atoms with Gasteiger partial charge in [0.2, 0.25) is 5.91 Å². The van der Waals surface area contributed by atoms with Crippen molar-refractivity contribution in [1.82, 2.24) is 0 Å². The highest BCUT2D eigenvalue weighted by Gasteiger charge is 2.47. The lowest BCUT2D eigenvalue weighted by Gasteiger charge is -2.35. The average Bonchev–Trinajstić information content (AvgIpc) is 3.02. The molecule has 0 spiro atoms. The van der Waals surface area contributed by atoms with Gasteiger partial charge in [0.15, 0.2) is 6.04 Å². The van der Waals surface area contributed by atoms with Crippen molar-refractivity contribution >= 4 is 34.8 Å². The van der Waals surface area contributed by atoms with E-state index in [1.165, 1.54) is 9.80 Å². The van der Waals surface area contributed by atoms with Crippen LogP contribution in [0.5, 0.6) is 5.75 Å². The molecule has 2 aromatic rings. The zero-order chi connectivity index (χ0) is 19.7. The lowest BCUT2D eigenvalue weighted by Crippen LogP contribution is -3.19. The number of nitrogens with zero attached hydrogens (tertiary/aromatic N) is 2. The quantitative estimate of drug-likeness (QED) is 0.788. The van der Waals surface area contributed by atoms with Crippen LogP contribution >= 0.6 is 11.6 Å². The Bertz CT molecular complexity index is 879. The largest absolute Gasteiger partial charge is 0.495 e. The summed E-state index contributed by atoms with van der Waals surface area (Å²) in [6.45, 7) is 3.30. The minimum atomic E-state index is -0.329. The Balaban J connectivity index is 1.45. The van der Waals surface area contributed by atoms with Crippen molar-refractivity contribution in [1.29, 1.82) is 0 Å². The van der Waals surface area contributed by atoms with E-state index in [0.717, 1.165) is 36.9 Å². The van der Waals surface area contributed by atoms with Crippen molar-refractivity contribution in [2.45, 2.75) is 12.5 Å². The molecule has 7 heteroatoms. The molecule has 2 heterocycles. The Morgan fingerprint density at radius 1 is 1.04 bits per heavy atom. The Kier molecular flexibility index (Phi) is 5.24. The highest BCUT2D eigenvalue weighted by molar-refractivity contribution is 6.30. The van der Waals surface area contributed by atoms with E-state index in [0.29, 0.717) is 11.4 Å². The third-order valence-electron chi connectivity index (χ3n) is 5.56. The molecule has 4 rings (SSSR count). The Hall–Kier alpha value is -2.57. The van der Waals surface area contributed by atoms with Crippen LogP contribution in [0.25, 0.3) is 0 Å². The number of hydrogen-bond donors (Lipinski definition) is 1. The summed E-state index contributed by atoms with van der Waals surface area (Å²) >= 11 is 5.97. The van der Waals surface area contributed by atoms with Gasteiger partial charge in [0.05, 0.1) is 45.4 Å². The molecule has 0 bridgehead atoms. The normalized spacial score (nSPS) is 20.7. The predicted octanol–water partition coefficient (Wildman–Crippen LogP) is 1.39. The van der Waals surface area contributed by atoms with Crippen LogP contribution in [0, 0.1) is 0 Å². The zero-order valence-electron chi connectivity index (χ0n) is 15.7. The molecule has 0 saturated carbocycles. The van der Waals surface area contributed by atoms with Gasteiger partial charge in [0.1, 0.15) is 5.75 Å². The molecule has 146 valence electrons. The van der Waals surface area contributed by atoms with Gasteiger partial charge in [-0.2, -0.15) is 0 Å². The standard InChI is InChI=1S/C21H22ClN3O3/c1-28-19-5-3-2-4-17(19)25-20(26)14-18(21(25)27)24-12-10-23(11-13-24)16-8-6-15(22)7-9-16/h2-9,18H,10-14H2,1H3/p+1/t18-/m0/s1. The SMILES string of the molecule is COc1ccccc1N1C(=O)C[C@H]([NH+]2CCN(c3ccc(Cl)cc3)CC2)C1=O. The number of quaternary nitrogens is 1. The van der Waals surface area contributed by atoms with E-state index in [1.807, 2.05) is 36.4 Å². The Morgan fingerprint density at radius 3 is 2.39 bits per heavy atom. The molecule has 2 fully saturated rings. The van der Waals surface area contributed by atoms with Gasteiger partial charge < -0.3 is 14.5 Å². The fourth-order valence-electron chi connectivity index (χ4n) is 4.07. The molecule has 28 heavy (non-hydrogen) atoms. The first-order valence-electron chi connectivity index (χ1n) is 9.43.